The molecule has 0 aromatic carbocycles. The smallest absolute Gasteiger partial charge is 0.0813 e. The van der Waals surface area contributed by atoms with Crippen molar-refractivity contribution in [3.05, 3.63) is 0 Å². The maximum atomic E-state index is 5.61. The SMILES string of the molecule is NCCCOCC1CCC(CN)O1. The first-order valence-corrected chi connectivity index (χ1v) is 5.00. The second-order valence-electron chi connectivity index (χ2n) is 3.41. The van der Waals surface area contributed by atoms with Gasteiger partial charge >= 0.3 is 0 Å². The van der Waals surface area contributed by atoms with Crippen LogP contribution in [0.4, 0.5) is 0 Å². The standard InChI is InChI=1S/C9H20N2O2/c10-4-1-5-12-7-9-3-2-8(6-11)13-9/h8-9H,1-7,10-11H2. The summed E-state index contributed by atoms with van der Waals surface area (Å²) in [5.41, 5.74) is 10.8. The van der Waals surface area contributed by atoms with Crippen LogP contribution >= 0.6 is 0 Å². The lowest BCUT2D eigenvalue weighted by Crippen LogP contribution is -2.23. The molecule has 1 saturated heterocycles. The molecule has 0 radical (unpaired) electrons. The first-order valence-electron chi connectivity index (χ1n) is 5.00. The minimum atomic E-state index is 0.253. The Balaban J connectivity index is 1.97. The van der Waals surface area contributed by atoms with E-state index in [4.69, 9.17) is 20.9 Å². The van der Waals surface area contributed by atoms with E-state index in [1.54, 1.807) is 0 Å². The van der Waals surface area contributed by atoms with Crippen molar-refractivity contribution >= 4 is 0 Å². The fraction of sp³-hybridized carbons (Fsp3) is 1.00. The van der Waals surface area contributed by atoms with Crippen molar-refractivity contribution in [3.63, 3.8) is 0 Å². The van der Waals surface area contributed by atoms with Crippen LogP contribution in [0.1, 0.15) is 19.3 Å². The largest absolute Gasteiger partial charge is 0.379 e. The Morgan fingerprint density at radius 1 is 1.23 bits per heavy atom. The van der Waals surface area contributed by atoms with E-state index in [0.29, 0.717) is 19.7 Å². The lowest BCUT2D eigenvalue weighted by atomic mass is 10.2. The average Bonchev–Trinajstić information content (AvgIpc) is 2.60. The monoisotopic (exact) mass is 188 g/mol. The van der Waals surface area contributed by atoms with Crippen LogP contribution in [-0.4, -0.2) is 38.5 Å². The highest BCUT2D eigenvalue weighted by atomic mass is 16.5. The van der Waals surface area contributed by atoms with Crippen LogP contribution in [0.5, 0.6) is 0 Å². The van der Waals surface area contributed by atoms with Crippen molar-refractivity contribution in [1.29, 1.82) is 0 Å². The van der Waals surface area contributed by atoms with Gasteiger partial charge in [-0.25, -0.2) is 0 Å². The molecular weight excluding hydrogens is 168 g/mol. The maximum Gasteiger partial charge on any atom is 0.0813 e. The molecule has 0 aliphatic carbocycles. The lowest BCUT2D eigenvalue weighted by Gasteiger charge is -2.12. The summed E-state index contributed by atoms with van der Waals surface area (Å²) < 4.78 is 11.0. The molecule has 0 amide bonds. The average molecular weight is 188 g/mol. The first-order chi connectivity index (χ1) is 6.36. The molecule has 0 saturated carbocycles. The third-order valence-corrected chi connectivity index (χ3v) is 2.25. The number of nitrogens with two attached hydrogens (primary N) is 2. The van der Waals surface area contributed by atoms with Gasteiger partial charge in [-0.1, -0.05) is 0 Å². The van der Waals surface area contributed by atoms with Gasteiger partial charge in [0, 0.05) is 13.2 Å². The van der Waals surface area contributed by atoms with Gasteiger partial charge in [-0.2, -0.15) is 0 Å². The minimum Gasteiger partial charge on any atom is -0.379 e. The molecule has 4 heteroatoms. The van der Waals surface area contributed by atoms with E-state index in [1.165, 1.54) is 0 Å². The molecule has 1 rings (SSSR count). The summed E-state index contributed by atoms with van der Waals surface area (Å²) in [6, 6.07) is 0. The van der Waals surface area contributed by atoms with Gasteiger partial charge in [0.2, 0.25) is 0 Å². The molecule has 1 fully saturated rings. The summed E-state index contributed by atoms with van der Waals surface area (Å²) in [4.78, 5) is 0. The van der Waals surface area contributed by atoms with E-state index in [-0.39, 0.29) is 12.2 Å². The number of ether oxygens (including phenoxy) is 2. The Hall–Kier alpha value is -0.160. The van der Waals surface area contributed by atoms with E-state index in [1.807, 2.05) is 0 Å². The quantitative estimate of drug-likeness (QED) is 0.569. The molecule has 0 bridgehead atoms. The molecule has 0 aromatic heterocycles. The third-order valence-electron chi connectivity index (χ3n) is 2.25. The number of hydrogen-bond acceptors (Lipinski definition) is 4. The van der Waals surface area contributed by atoms with E-state index in [2.05, 4.69) is 0 Å². The summed E-state index contributed by atoms with van der Waals surface area (Å²) in [6.07, 6.45) is 3.58. The second-order valence-corrected chi connectivity index (χ2v) is 3.41. The van der Waals surface area contributed by atoms with Crippen LogP contribution < -0.4 is 11.5 Å². The van der Waals surface area contributed by atoms with Crippen molar-refractivity contribution in [1.82, 2.24) is 0 Å². The molecule has 13 heavy (non-hydrogen) atoms. The number of hydrogen-bond donors (Lipinski definition) is 2. The Bertz CT molecular complexity index is 133. The Morgan fingerprint density at radius 2 is 2.00 bits per heavy atom. The third kappa shape index (κ3) is 4.04. The van der Waals surface area contributed by atoms with Gasteiger partial charge in [-0.3, -0.25) is 0 Å². The van der Waals surface area contributed by atoms with Crippen molar-refractivity contribution in [2.24, 2.45) is 11.5 Å². The van der Waals surface area contributed by atoms with Crippen molar-refractivity contribution in [2.45, 2.75) is 31.5 Å². The Kier molecular flexibility index (Phi) is 5.31. The lowest BCUT2D eigenvalue weighted by molar-refractivity contribution is -0.0120. The molecule has 4 nitrogen and oxygen atoms in total. The molecule has 1 aliphatic heterocycles. The Morgan fingerprint density at radius 3 is 2.62 bits per heavy atom. The zero-order chi connectivity index (χ0) is 9.52. The highest BCUT2D eigenvalue weighted by Gasteiger charge is 2.23. The zero-order valence-electron chi connectivity index (χ0n) is 8.08. The van der Waals surface area contributed by atoms with Gasteiger partial charge < -0.3 is 20.9 Å². The second kappa shape index (κ2) is 6.32. The molecule has 0 aromatic rings. The summed E-state index contributed by atoms with van der Waals surface area (Å²) >= 11 is 0. The predicted octanol–water partition coefficient (Wildman–Crippen LogP) is -0.142. The molecular formula is C9H20N2O2. The molecule has 4 N–H and O–H groups in total. The highest BCUT2D eigenvalue weighted by molar-refractivity contribution is 4.73. The summed E-state index contributed by atoms with van der Waals surface area (Å²) in [6.45, 7) is 2.75. The summed E-state index contributed by atoms with van der Waals surface area (Å²) in [5, 5.41) is 0. The van der Waals surface area contributed by atoms with Crippen molar-refractivity contribution in [2.75, 3.05) is 26.3 Å². The highest BCUT2D eigenvalue weighted by Crippen LogP contribution is 2.18. The van der Waals surface area contributed by atoms with Crippen LogP contribution in [0.25, 0.3) is 0 Å². The molecule has 0 spiro atoms. The molecule has 2 atom stereocenters. The molecule has 1 aliphatic rings. The van der Waals surface area contributed by atoms with Gasteiger partial charge in [0.25, 0.3) is 0 Å². The van der Waals surface area contributed by atoms with Crippen molar-refractivity contribution < 1.29 is 9.47 Å². The minimum absolute atomic E-state index is 0.253. The van der Waals surface area contributed by atoms with Gasteiger partial charge in [0.15, 0.2) is 0 Å². The molecule has 2 unspecified atom stereocenters. The Labute approximate surface area is 79.6 Å². The fourth-order valence-electron chi connectivity index (χ4n) is 1.48. The number of rotatable bonds is 6. The van der Waals surface area contributed by atoms with E-state index in [0.717, 1.165) is 25.9 Å². The zero-order valence-corrected chi connectivity index (χ0v) is 8.08. The van der Waals surface area contributed by atoms with Crippen LogP contribution in [0, 0.1) is 0 Å². The van der Waals surface area contributed by atoms with E-state index < -0.39 is 0 Å². The molecule has 78 valence electrons. The van der Waals surface area contributed by atoms with Gasteiger partial charge in [-0.15, -0.1) is 0 Å². The normalized spacial score (nSPS) is 28.2. The fourth-order valence-corrected chi connectivity index (χ4v) is 1.48. The van der Waals surface area contributed by atoms with E-state index >= 15 is 0 Å². The van der Waals surface area contributed by atoms with Crippen LogP contribution in [0.3, 0.4) is 0 Å². The van der Waals surface area contributed by atoms with Gasteiger partial charge in [0.1, 0.15) is 0 Å². The van der Waals surface area contributed by atoms with Crippen LogP contribution in [0.2, 0.25) is 0 Å². The summed E-state index contributed by atoms with van der Waals surface area (Å²) in [5.74, 6) is 0. The maximum absolute atomic E-state index is 5.61. The van der Waals surface area contributed by atoms with Gasteiger partial charge in [0.05, 0.1) is 18.8 Å². The molecule has 1 heterocycles. The van der Waals surface area contributed by atoms with Crippen molar-refractivity contribution in [3.8, 4) is 0 Å². The van der Waals surface area contributed by atoms with Crippen LogP contribution in [-0.2, 0) is 9.47 Å². The van der Waals surface area contributed by atoms with E-state index in [9.17, 15) is 0 Å². The first kappa shape index (κ1) is 10.9. The van der Waals surface area contributed by atoms with Gasteiger partial charge in [-0.05, 0) is 25.8 Å². The van der Waals surface area contributed by atoms with Crippen LogP contribution in [0.15, 0.2) is 0 Å². The summed E-state index contributed by atoms with van der Waals surface area (Å²) in [7, 11) is 0. The predicted molar refractivity (Wildman–Crippen MR) is 51.4 cm³/mol. The topological polar surface area (TPSA) is 70.5 Å².